The van der Waals surface area contributed by atoms with Crippen LogP contribution in [0.5, 0.6) is 0 Å². The molecule has 0 aromatic heterocycles. The van der Waals surface area contributed by atoms with E-state index in [2.05, 4.69) is 80.2 Å². The second kappa shape index (κ2) is 12.6. The van der Waals surface area contributed by atoms with Gasteiger partial charge in [0.25, 0.3) is 0 Å². The van der Waals surface area contributed by atoms with E-state index in [0.717, 1.165) is 38.5 Å². The van der Waals surface area contributed by atoms with Crippen LogP contribution in [0.15, 0.2) is 48.5 Å². The number of rotatable bonds is 13. The number of carbonyl (C=O) groups is 1. The molecule has 3 nitrogen and oxygen atoms in total. The van der Waals surface area contributed by atoms with E-state index in [1.54, 1.807) is 0 Å². The maximum absolute atomic E-state index is 12.0. The van der Waals surface area contributed by atoms with Gasteiger partial charge < -0.3 is 0 Å². The van der Waals surface area contributed by atoms with Gasteiger partial charge in [0, 0.05) is 18.8 Å². The molecule has 0 amide bonds. The number of hydrogen-bond acceptors (Lipinski definition) is 3. The van der Waals surface area contributed by atoms with Crippen LogP contribution in [0.3, 0.4) is 0 Å². The van der Waals surface area contributed by atoms with Crippen molar-refractivity contribution >= 4 is 5.78 Å². The summed E-state index contributed by atoms with van der Waals surface area (Å²) in [6.07, 6.45) is 6.44. The van der Waals surface area contributed by atoms with Gasteiger partial charge in [-0.05, 0) is 55.0 Å². The number of Topliss-reactive ketones (excluding diaryl/α,β-unsaturated/α-hetero) is 1. The van der Waals surface area contributed by atoms with Crippen LogP contribution in [-0.2, 0) is 17.6 Å². The van der Waals surface area contributed by atoms with Crippen molar-refractivity contribution in [2.45, 2.75) is 77.7 Å². The molecule has 2 unspecified atom stereocenters. The van der Waals surface area contributed by atoms with Crippen molar-refractivity contribution in [3.05, 3.63) is 70.8 Å². The molecule has 3 heteroatoms. The van der Waals surface area contributed by atoms with Crippen LogP contribution >= 0.6 is 0 Å². The third-order valence-corrected chi connectivity index (χ3v) is 5.83. The molecule has 158 valence electrons. The highest BCUT2D eigenvalue weighted by molar-refractivity contribution is 5.78. The first-order valence-corrected chi connectivity index (χ1v) is 11.2. The summed E-state index contributed by atoms with van der Waals surface area (Å²) in [5.74, 6) is 0.714. The van der Waals surface area contributed by atoms with Crippen molar-refractivity contribution < 1.29 is 4.79 Å². The lowest BCUT2D eigenvalue weighted by molar-refractivity contribution is -0.119. The molecule has 0 saturated heterocycles. The molecule has 0 aliphatic heterocycles. The maximum atomic E-state index is 12.0. The lowest BCUT2D eigenvalue weighted by Crippen LogP contribution is -2.35. The largest absolute Gasteiger partial charge is 0.300 e. The maximum Gasteiger partial charge on any atom is 0.132 e. The molecule has 2 aromatic carbocycles. The summed E-state index contributed by atoms with van der Waals surface area (Å²) in [5, 5.41) is 0. The van der Waals surface area contributed by atoms with Gasteiger partial charge in [-0.25, -0.2) is 5.43 Å². The van der Waals surface area contributed by atoms with Gasteiger partial charge in [-0.15, -0.1) is 0 Å². The van der Waals surface area contributed by atoms with Crippen molar-refractivity contribution in [3.63, 3.8) is 0 Å². The zero-order chi connectivity index (χ0) is 21.1. The van der Waals surface area contributed by atoms with E-state index in [-0.39, 0.29) is 6.04 Å². The third-order valence-electron chi connectivity index (χ3n) is 5.83. The average Bonchev–Trinajstić information content (AvgIpc) is 2.76. The van der Waals surface area contributed by atoms with Gasteiger partial charge in [-0.3, -0.25) is 10.2 Å². The second-order valence-electron chi connectivity index (χ2n) is 7.91. The van der Waals surface area contributed by atoms with Crippen LogP contribution in [-0.4, -0.2) is 12.8 Å². The molecule has 2 atom stereocenters. The van der Waals surface area contributed by atoms with Gasteiger partial charge >= 0.3 is 0 Å². The zero-order valence-electron chi connectivity index (χ0n) is 18.6. The fraction of sp³-hybridized carbons (Fsp3) is 0.500. The summed E-state index contributed by atoms with van der Waals surface area (Å²) in [6.45, 7) is 6.65. The summed E-state index contributed by atoms with van der Waals surface area (Å²) < 4.78 is 0. The van der Waals surface area contributed by atoms with Crippen molar-refractivity contribution in [2.75, 3.05) is 7.05 Å². The summed E-state index contributed by atoms with van der Waals surface area (Å²) >= 11 is 0. The van der Waals surface area contributed by atoms with Crippen LogP contribution in [0.25, 0.3) is 0 Å². The fourth-order valence-corrected chi connectivity index (χ4v) is 4.15. The number of ketones is 1. The average molecular weight is 395 g/mol. The SMILES string of the molecule is CCCCC(=O)CCCc1ccccc1C(C)C(NNC)c1ccccc1CC. The molecule has 2 rings (SSSR count). The number of hydrogen-bond donors (Lipinski definition) is 2. The van der Waals surface area contributed by atoms with E-state index in [1.807, 2.05) is 7.05 Å². The van der Waals surface area contributed by atoms with E-state index >= 15 is 0 Å². The van der Waals surface area contributed by atoms with Crippen molar-refractivity contribution in [2.24, 2.45) is 0 Å². The van der Waals surface area contributed by atoms with Gasteiger partial charge in [-0.1, -0.05) is 75.7 Å². The van der Waals surface area contributed by atoms with Gasteiger partial charge in [0.15, 0.2) is 0 Å². The molecule has 0 fully saturated rings. The van der Waals surface area contributed by atoms with Crippen LogP contribution in [0.2, 0.25) is 0 Å². The summed E-state index contributed by atoms with van der Waals surface area (Å²) in [7, 11) is 1.93. The summed E-state index contributed by atoms with van der Waals surface area (Å²) in [6, 6.07) is 17.6. The molecule has 0 bridgehead atoms. The minimum Gasteiger partial charge on any atom is -0.300 e. The van der Waals surface area contributed by atoms with E-state index < -0.39 is 0 Å². The lowest BCUT2D eigenvalue weighted by Gasteiger charge is -2.29. The predicted molar refractivity (Wildman–Crippen MR) is 123 cm³/mol. The first kappa shape index (κ1) is 23.3. The lowest BCUT2D eigenvalue weighted by atomic mass is 9.83. The smallest absolute Gasteiger partial charge is 0.132 e. The molecule has 0 saturated carbocycles. The Morgan fingerprint density at radius 3 is 2.17 bits per heavy atom. The number of benzene rings is 2. The molecule has 0 radical (unpaired) electrons. The number of unbranched alkanes of at least 4 members (excludes halogenated alkanes) is 1. The normalized spacial score (nSPS) is 13.2. The van der Waals surface area contributed by atoms with Crippen molar-refractivity contribution in [1.82, 2.24) is 10.9 Å². The highest BCUT2D eigenvalue weighted by atomic mass is 16.1. The quantitative estimate of drug-likeness (QED) is 0.416. The highest BCUT2D eigenvalue weighted by Gasteiger charge is 2.24. The molecular formula is C26H38N2O. The minimum atomic E-state index is 0.184. The monoisotopic (exact) mass is 394 g/mol. The van der Waals surface area contributed by atoms with Gasteiger partial charge in [-0.2, -0.15) is 0 Å². The molecule has 0 aliphatic rings. The first-order chi connectivity index (χ1) is 14.1. The molecule has 0 heterocycles. The molecular weight excluding hydrogens is 356 g/mol. The highest BCUT2D eigenvalue weighted by Crippen LogP contribution is 2.34. The Balaban J connectivity index is 2.18. The van der Waals surface area contributed by atoms with Gasteiger partial charge in [0.05, 0.1) is 6.04 Å². The van der Waals surface area contributed by atoms with Crippen LogP contribution in [0, 0.1) is 0 Å². The number of nitrogens with one attached hydrogen (secondary N) is 2. The Bertz CT molecular complexity index is 756. The third kappa shape index (κ3) is 6.80. The standard InChI is InChI=1S/C26H38N2O/c1-5-7-16-23(29)17-12-15-22-14-9-10-18-24(22)20(3)26(28-27-4)25-19-11-8-13-21(25)6-2/h8-11,13-14,18-20,26-28H,5-7,12,15-17H2,1-4H3. The van der Waals surface area contributed by atoms with E-state index in [1.165, 1.54) is 22.3 Å². The van der Waals surface area contributed by atoms with E-state index in [4.69, 9.17) is 0 Å². The summed E-state index contributed by atoms with van der Waals surface area (Å²) in [4.78, 5) is 12.0. The zero-order valence-corrected chi connectivity index (χ0v) is 18.6. The second-order valence-corrected chi connectivity index (χ2v) is 7.91. The van der Waals surface area contributed by atoms with Crippen molar-refractivity contribution in [3.8, 4) is 0 Å². The topological polar surface area (TPSA) is 41.1 Å². The Kier molecular flexibility index (Phi) is 10.1. The van der Waals surface area contributed by atoms with E-state index in [9.17, 15) is 4.79 Å². The molecule has 29 heavy (non-hydrogen) atoms. The number of carbonyl (C=O) groups excluding carboxylic acids is 1. The Morgan fingerprint density at radius 1 is 0.897 bits per heavy atom. The Morgan fingerprint density at radius 2 is 1.52 bits per heavy atom. The molecule has 0 spiro atoms. The number of aryl methyl sites for hydroxylation is 2. The van der Waals surface area contributed by atoms with E-state index in [0.29, 0.717) is 18.1 Å². The van der Waals surface area contributed by atoms with Gasteiger partial charge in [0.1, 0.15) is 5.78 Å². The van der Waals surface area contributed by atoms with Gasteiger partial charge in [0.2, 0.25) is 0 Å². The van der Waals surface area contributed by atoms with Crippen LogP contribution < -0.4 is 10.9 Å². The Labute approximate surface area is 177 Å². The van der Waals surface area contributed by atoms with Crippen molar-refractivity contribution in [1.29, 1.82) is 0 Å². The fourth-order valence-electron chi connectivity index (χ4n) is 4.15. The Hall–Kier alpha value is -1.97. The minimum absolute atomic E-state index is 0.184. The molecule has 2 N–H and O–H groups in total. The molecule has 0 aliphatic carbocycles. The first-order valence-electron chi connectivity index (χ1n) is 11.2. The van der Waals surface area contributed by atoms with Crippen LogP contribution in [0.4, 0.5) is 0 Å². The molecule has 2 aromatic rings. The summed E-state index contributed by atoms with van der Waals surface area (Å²) in [5.41, 5.74) is 12.1. The number of hydrazine groups is 1. The van der Waals surface area contributed by atoms with Crippen LogP contribution in [0.1, 0.15) is 87.1 Å². The predicted octanol–water partition coefficient (Wildman–Crippen LogP) is 5.90.